The molecule has 0 amide bonds. The summed E-state index contributed by atoms with van der Waals surface area (Å²) >= 11 is 0. The molecule has 17 nitrogen and oxygen atoms in total. The second kappa shape index (κ2) is 60.0. The van der Waals surface area contributed by atoms with E-state index in [2.05, 4.69) is 48.5 Å². The summed E-state index contributed by atoms with van der Waals surface area (Å²) in [6.45, 7) is 11.7. The lowest BCUT2D eigenvalue weighted by Crippen LogP contribution is -2.30. The van der Waals surface area contributed by atoms with Crippen molar-refractivity contribution in [3.8, 4) is 0 Å². The number of phosphoric acid groups is 2. The third kappa shape index (κ3) is 62.8. The Hall–Kier alpha value is -1.94. The molecule has 2 unspecified atom stereocenters. The van der Waals surface area contributed by atoms with E-state index in [0.717, 1.165) is 108 Å². The summed E-state index contributed by atoms with van der Waals surface area (Å²) < 4.78 is 68.2. The zero-order chi connectivity index (χ0) is 65.2. The Labute approximate surface area is 537 Å². The molecule has 0 aliphatic rings. The van der Waals surface area contributed by atoms with Crippen molar-refractivity contribution >= 4 is 39.5 Å². The standard InChI is InChI=1S/C69H134O17P2/c1-8-9-10-11-12-13-14-15-16-17-18-19-22-29-38-45-52-68(73)85-64(56-79-66(71)50-43-36-28-23-20-21-26-33-40-47-60(2)3)58-83-87(75,76)81-54-63(70)55-82-88(77,78)84-59-65(57-80-67(72)51-44-37-32-31-35-42-49-62(6)7)86-69(74)53-46-39-30-25-24-27-34-41-48-61(4)5/h60-65,70H,8-59H2,1-7H3,(H,75,76)(H,77,78)/t63-,64-,65-/m1/s1. The highest BCUT2D eigenvalue weighted by Gasteiger charge is 2.30. The number of hydrogen-bond donors (Lipinski definition) is 3. The number of rotatable bonds is 67. The van der Waals surface area contributed by atoms with Gasteiger partial charge in [-0.2, -0.15) is 0 Å². The van der Waals surface area contributed by atoms with Crippen LogP contribution in [0.4, 0.5) is 0 Å². The molecule has 0 aromatic carbocycles. The second-order valence-electron chi connectivity index (χ2n) is 26.3. The highest BCUT2D eigenvalue weighted by molar-refractivity contribution is 7.47. The van der Waals surface area contributed by atoms with Crippen molar-refractivity contribution in [3.05, 3.63) is 0 Å². The maximum Gasteiger partial charge on any atom is 0.472 e. The number of aliphatic hydroxyl groups excluding tert-OH is 1. The van der Waals surface area contributed by atoms with Gasteiger partial charge in [0, 0.05) is 25.7 Å². The first-order valence-corrected chi connectivity index (χ1v) is 38.8. The fourth-order valence-electron chi connectivity index (χ4n) is 10.4. The Balaban J connectivity index is 5.24. The average molecular weight is 1300 g/mol. The molecule has 0 bridgehead atoms. The minimum absolute atomic E-state index is 0.103. The number of phosphoric ester groups is 2. The second-order valence-corrected chi connectivity index (χ2v) is 29.3. The maximum atomic E-state index is 13.0. The van der Waals surface area contributed by atoms with E-state index in [9.17, 15) is 43.2 Å². The lowest BCUT2D eigenvalue weighted by molar-refractivity contribution is -0.161. The van der Waals surface area contributed by atoms with Gasteiger partial charge in [-0.25, -0.2) is 9.13 Å². The first-order chi connectivity index (χ1) is 42.2. The normalized spacial score (nSPS) is 14.2. The monoisotopic (exact) mass is 1300 g/mol. The minimum atomic E-state index is -4.95. The van der Waals surface area contributed by atoms with E-state index in [4.69, 9.17) is 37.0 Å². The summed E-state index contributed by atoms with van der Waals surface area (Å²) in [4.78, 5) is 72.4. The van der Waals surface area contributed by atoms with Crippen molar-refractivity contribution in [2.24, 2.45) is 17.8 Å². The molecular weight excluding hydrogens is 1160 g/mol. The third-order valence-electron chi connectivity index (χ3n) is 15.9. The van der Waals surface area contributed by atoms with Crippen molar-refractivity contribution in [1.29, 1.82) is 0 Å². The molecule has 19 heteroatoms. The van der Waals surface area contributed by atoms with Gasteiger partial charge in [0.2, 0.25) is 0 Å². The van der Waals surface area contributed by atoms with Gasteiger partial charge in [0.25, 0.3) is 0 Å². The largest absolute Gasteiger partial charge is 0.472 e. The zero-order valence-electron chi connectivity index (χ0n) is 57.2. The molecular formula is C69H134O17P2. The Kier molecular flexibility index (Phi) is 58.7. The summed E-state index contributed by atoms with van der Waals surface area (Å²) in [5.41, 5.74) is 0. The molecule has 0 aliphatic heterocycles. The van der Waals surface area contributed by atoms with E-state index in [1.54, 1.807) is 0 Å². The van der Waals surface area contributed by atoms with Crippen molar-refractivity contribution in [2.45, 2.75) is 362 Å². The Morgan fingerprint density at radius 2 is 0.523 bits per heavy atom. The number of unbranched alkanes of at least 4 members (excludes halogenated alkanes) is 35. The van der Waals surface area contributed by atoms with Crippen LogP contribution in [0.2, 0.25) is 0 Å². The van der Waals surface area contributed by atoms with Gasteiger partial charge in [0.1, 0.15) is 19.3 Å². The molecule has 0 fully saturated rings. The zero-order valence-corrected chi connectivity index (χ0v) is 59.0. The van der Waals surface area contributed by atoms with Gasteiger partial charge in [-0.05, 0) is 43.4 Å². The third-order valence-corrected chi connectivity index (χ3v) is 17.8. The number of carbonyl (C=O) groups excluding carboxylic acids is 4. The van der Waals surface area contributed by atoms with Gasteiger partial charge in [0.15, 0.2) is 12.2 Å². The van der Waals surface area contributed by atoms with Crippen LogP contribution < -0.4 is 0 Å². The first-order valence-electron chi connectivity index (χ1n) is 35.8. The molecule has 0 saturated heterocycles. The van der Waals surface area contributed by atoms with Crippen LogP contribution >= 0.6 is 15.6 Å². The van der Waals surface area contributed by atoms with Crippen molar-refractivity contribution in [2.75, 3.05) is 39.6 Å². The van der Waals surface area contributed by atoms with Gasteiger partial charge >= 0.3 is 39.5 Å². The molecule has 88 heavy (non-hydrogen) atoms. The Morgan fingerprint density at radius 3 is 0.773 bits per heavy atom. The number of ether oxygens (including phenoxy) is 4. The van der Waals surface area contributed by atoms with Crippen molar-refractivity contribution < 1.29 is 80.2 Å². The molecule has 0 aromatic rings. The Bertz CT molecular complexity index is 1730. The van der Waals surface area contributed by atoms with E-state index in [-0.39, 0.29) is 25.7 Å². The fourth-order valence-corrected chi connectivity index (χ4v) is 11.9. The molecule has 0 saturated carbocycles. The van der Waals surface area contributed by atoms with Gasteiger partial charge in [-0.1, -0.05) is 292 Å². The topological polar surface area (TPSA) is 237 Å². The van der Waals surface area contributed by atoms with Gasteiger partial charge in [-0.15, -0.1) is 0 Å². The van der Waals surface area contributed by atoms with E-state index in [1.807, 2.05) is 0 Å². The quantitative estimate of drug-likeness (QED) is 0.0222. The molecule has 522 valence electrons. The highest BCUT2D eigenvalue weighted by atomic mass is 31.2. The predicted molar refractivity (Wildman–Crippen MR) is 354 cm³/mol. The van der Waals surface area contributed by atoms with Gasteiger partial charge in [-0.3, -0.25) is 37.3 Å². The number of carbonyl (C=O) groups is 4. The summed E-state index contributed by atoms with van der Waals surface area (Å²) in [6, 6.07) is 0. The molecule has 0 radical (unpaired) electrons. The van der Waals surface area contributed by atoms with Gasteiger partial charge in [0.05, 0.1) is 26.4 Å². The fraction of sp³-hybridized carbons (Fsp3) is 0.942. The van der Waals surface area contributed by atoms with Crippen LogP contribution in [-0.2, 0) is 65.4 Å². The highest BCUT2D eigenvalue weighted by Crippen LogP contribution is 2.45. The molecule has 0 aliphatic carbocycles. The smallest absolute Gasteiger partial charge is 0.462 e. The van der Waals surface area contributed by atoms with Crippen LogP contribution in [0.25, 0.3) is 0 Å². The van der Waals surface area contributed by atoms with Crippen LogP contribution in [0.3, 0.4) is 0 Å². The molecule has 5 atom stereocenters. The first kappa shape index (κ1) is 86.1. The SMILES string of the molecule is CCCCCCCCCCCCCCCCCCC(=O)O[C@H](COC(=O)CCCCCCCCCCCC(C)C)COP(=O)(O)OC[C@@H](O)COP(=O)(O)OC[C@@H](COC(=O)CCCCCCCCC(C)C)OC(=O)CCCCCCCCCCC(C)C. The van der Waals surface area contributed by atoms with Crippen LogP contribution in [0, 0.1) is 17.8 Å². The molecule has 0 spiro atoms. The summed E-state index contributed by atoms with van der Waals surface area (Å²) in [5.74, 6) is 0.0107. The van der Waals surface area contributed by atoms with Crippen molar-refractivity contribution in [3.63, 3.8) is 0 Å². The Morgan fingerprint density at radius 1 is 0.307 bits per heavy atom. The van der Waals surface area contributed by atoms with Crippen LogP contribution in [0.1, 0.15) is 344 Å². The minimum Gasteiger partial charge on any atom is -0.462 e. The predicted octanol–water partition coefficient (Wildman–Crippen LogP) is 19.5. The lowest BCUT2D eigenvalue weighted by atomic mass is 10.0. The molecule has 0 aromatic heterocycles. The van der Waals surface area contributed by atoms with Crippen LogP contribution in [-0.4, -0.2) is 96.7 Å². The van der Waals surface area contributed by atoms with E-state index < -0.39 is 97.5 Å². The van der Waals surface area contributed by atoms with Gasteiger partial charge < -0.3 is 33.8 Å². The lowest BCUT2D eigenvalue weighted by Gasteiger charge is -2.21. The molecule has 0 heterocycles. The maximum absolute atomic E-state index is 13.0. The summed E-state index contributed by atoms with van der Waals surface area (Å²) in [5, 5.41) is 10.6. The number of hydrogen-bond acceptors (Lipinski definition) is 15. The number of esters is 4. The average Bonchev–Trinajstić information content (AvgIpc) is 3.59. The summed E-state index contributed by atoms with van der Waals surface area (Å²) in [6.07, 6.45) is 43.3. The van der Waals surface area contributed by atoms with E-state index >= 15 is 0 Å². The van der Waals surface area contributed by atoms with Crippen LogP contribution in [0.5, 0.6) is 0 Å². The summed E-state index contributed by atoms with van der Waals surface area (Å²) in [7, 11) is -9.90. The van der Waals surface area contributed by atoms with Crippen LogP contribution in [0.15, 0.2) is 0 Å². The molecule has 0 rings (SSSR count). The number of aliphatic hydroxyl groups is 1. The van der Waals surface area contributed by atoms with E-state index in [1.165, 1.54) is 148 Å². The van der Waals surface area contributed by atoms with E-state index in [0.29, 0.717) is 31.6 Å². The van der Waals surface area contributed by atoms with Crippen molar-refractivity contribution in [1.82, 2.24) is 0 Å². The molecule has 3 N–H and O–H groups in total.